The van der Waals surface area contributed by atoms with Gasteiger partial charge in [0.15, 0.2) is 0 Å². The molecule has 14 heavy (non-hydrogen) atoms. The number of likely N-dealkylation sites (N-methyl/N-ethyl adjacent to an activating group) is 1. The van der Waals surface area contributed by atoms with Crippen molar-refractivity contribution in [2.24, 2.45) is 11.7 Å². The molecule has 0 heterocycles. The fourth-order valence-electron chi connectivity index (χ4n) is 2.00. The Morgan fingerprint density at radius 2 is 1.86 bits per heavy atom. The van der Waals surface area contributed by atoms with Gasteiger partial charge >= 0.3 is 0 Å². The van der Waals surface area contributed by atoms with Crippen LogP contribution in [-0.2, 0) is 4.74 Å². The fraction of sp³-hybridized carbons (Fsp3) is 1.00. The van der Waals surface area contributed by atoms with Gasteiger partial charge in [0.1, 0.15) is 0 Å². The summed E-state index contributed by atoms with van der Waals surface area (Å²) in [4.78, 5) is 2.42. The summed E-state index contributed by atoms with van der Waals surface area (Å²) >= 11 is 0. The van der Waals surface area contributed by atoms with E-state index in [0.29, 0.717) is 18.0 Å². The molecule has 0 aliphatic heterocycles. The lowest BCUT2D eigenvalue weighted by atomic mass is 10.0. The molecule has 0 spiro atoms. The Bertz CT molecular complexity index is 139. The zero-order valence-corrected chi connectivity index (χ0v) is 10.3. The SMILES string of the molecule is CCN(C(C)COC)C(CN)C(C)C. The third-order valence-corrected chi connectivity index (χ3v) is 2.78. The second kappa shape index (κ2) is 7.21. The number of rotatable bonds is 7. The predicted molar refractivity (Wildman–Crippen MR) is 61.4 cm³/mol. The third-order valence-electron chi connectivity index (χ3n) is 2.78. The summed E-state index contributed by atoms with van der Waals surface area (Å²) in [7, 11) is 1.75. The lowest BCUT2D eigenvalue weighted by Gasteiger charge is -2.37. The van der Waals surface area contributed by atoms with Crippen molar-refractivity contribution >= 4 is 0 Å². The van der Waals surface area contributed by atoms with E-state index in [1.807, 2.05) is 0 Å². The van der Waals surface area contributed by atoms with Crippen molar-refractivity contribution in [1.29, 1.82) is 0 Å². The smallest absolute Gasteiger partial charge is 0.0615 e. The van der Waals surface area contributed by atoms with Crippen LogP contribution >= 0.6 is 0 Å². The van der Waals surface area contributed by atoms with Crippen molar-refractivity contribution in [3.63, 3.8) is 0 Å². The van der Waals surface area contributed by atoms with E-state index in [0.717, 1.165) is 19.7 Å². The van der Waals surface area contributed by atoms with E-state index in [4.69, 9.17) is 10.5 Å². The average Bonchev–Trinajstić information content (AvgIpc) is 2.13. The molecule has 2 N–H and O–H groups in total. The summed E-state index contributed by atoms with van der Waals surface area (Å²) in [6.45, 7) is 11.3. The van der Waals surface area contributed by atoms with Gasteiger partial charge in [-0.1, -0.05) is 20.8 Å². The molecule has 0 aliphatic rings. The van der Waals surface area contributed by atoms with Crippen LogP contribution in [-0.4, -0.2) is 43.8 Å². The Kier molecular flexibility index (Phi) is 7.15. The Balaban J connectivity index is 4.34. The first-order chi connectivity index (χ1) is 6.58. The largest absolute Gasteiger partial charge is 0.383 e. The topological polar surface area (TPSA) is 38.5 Å². The average molecular weight is 202 g/mol. The van der Waals surface area contributed by atoms with E-state index in [1.165, 1.54) is 0 Å². The molecule has 0 aliphatic carbocycles. The zero-order chi connectivity index (χ0) is 11.1. The van der Waals surface area contributed by atoms with Gasteiger partial charge in [-0.25, -0.2) is 0 Å². The molecule has 3 nitrogen and oxygen atoms in total. The Hall–Kier alpha value is -0.120. The van der Waals surface area contributed by atoms with Crippen molar-refractivity contribution in [1.82, 2.24) is 4.90 Å². The molecular weight excluding hydrogens is 176 g/mol. The molecule has 0 bridgehead atoms. The van der Waals surface area contributed by atoms with Gasteiger partial charge in [0, 0.05) is 25.7 Å². The van der Waals surface area contributed by atoms with E-state index < -0.39 is 0 Å². The molecule has 86 valence electrons. The van der Waals surface area contributed by atoms with Crippen molar-refractivity contribution in [2.45, 2.75) is 39.8 Å². The van der Waals surface area contributed by atoms with Gasteiger partial charge in [0.25, 0.3) is 0 Å². The first-order valence-corrected chi connectivity index (χ1v) is 5.53. The number of nitrogens with two attached hydrogens (primary N) is 1. The maximum Gasteiger partial charge on any atom is 0.0615 e. The second-order valence-corrected chi connectivity index (χ2v) is 4.18. The van der Waals surface area contributed by atoms with Crippen molar-refractivity contribution in [2.75, 3.05) is 26.8 Å². The Labute approximate surface area is 88.6 Å². The molecule has 0 fully saturated rings. The van der Waals surface area contributed by atoms with Crippen molar-refractivity contribution in [3.05, 3.63) is 0 Å². The quantitative estimate of drug-likeness (QED) is 0.677. The van der Waals surface area contributed by atoms with E-state index in [2.05, 4.69) is 32.6 Å². The van der Waals surface area contributed by atoms with Gasteiger partial charge in [-0.15, -0.1) is 0 Å². The third kappa shape index (κ3) is 3.95. The van der Waals surface area contributed by atoms with Crippen LogP contribution in [0.25, 0.3) is 0 Å². The molecule has 0 rings (SSSR count). The summed E-state index contributed by atoms with van der Waals surface area (Å²) in [5.74, 6) is 0.597. The molecule has 0 saturated heterocycles. The minimum absolute atomic E-state index is 0.445. The van der Waals surface area contributed by atoms with Crippen LogP contribution in [0.15, 0.2) is 0 Å². The van der Waals surface area contributed by atoms with Gasteiger partial charge in [-0.05, 0) is 19.4 Å². The first-order valence-electron chi connectivity index (χ1n) is 5.53. The van der Waals surface area contributed by atoms with E-state index in [1.54, 1.807) is 7.11 Å². The van der Waals surface area contributed by atoms with Gasteiger partial charge < -0.3 is 10.5 Å². The maximum atomic E-state index is 5.80. The van der Waals surface area contributed by atoms with Crippen LogP contribution in [0.1, 0.15) is 27.7 Å². The summed E-state index contributed by atoms with van der Waals surface area (Å²) in [5.41, 5.74) is 5.80. The van der Waals surface area contributed by atoms with Crippen LogP contribution in [0.3, 0.4) is 0 Å². The highest BCUT2D eigenvalue weighted by Crippen LogP contribution is 2.13. The summed E-state index contributed by atoms with van der Waals surface area (Å²) in [6.07, 6.45) is 0. The van der Waals surface area contributed by atoms with Crippen molar-refractivity contribution < 1.29 is 4.74 Å². The normalized spacial score (nSPS) is 16.3. The molecule has 0 amide bonds. The van der Waals surface area contributed by atoms with E-state index in [9.17, 15) is 0 Å². The molecule has 3 heteroatoms. The number of ether oxygens (including phenoxy) is 1. The zero-order valence-electron chi connectivity index (χ0n) is 10.3. The molecular formula is C11H26N2O. The first kappa shape index (κ1) is 13.9. The Morgan fingerprint density at radius 3 is 2.14 bits per heavy atom. The van der Waals surface area contributed by atoms with Crippen LogP contribution in [0.4, 0.5) is 0 Å². The van der Waals surface area contributed by atoms with Gasteiger partial charge in [-0.3, -0.25) is 4.90 Å². The summed E-state index contributed by atoms with van der Waals surface area (Å²) in [6, 6.07) is 0.908. The van der Waals surface area contributed by atoms with E-state index in [-0.39, 0.29) is 0 Å². The number of hydrogen-bond donors (Lipinski definition) is 1. The molecule has 0 aromatic heterocycles. The highest BCUT2D eigenvalue weighted by molar-refractivity contribution is 4.79. The summed E-state index contributed by atoms with van der Waals surface area (Å²) < 4.78 is 5.18. The molecule has 2 atom stereocenters. The highest BCUT2D eigenvalue weighted by Gasteiger charge is 2.23. The lowest BCUT2D eigenvalue weighted by Crippen LogP contribution is -2.49. The highest BCUT2D eigenvalue weighted by atomic mass is 16.5. The number of hydrogen-bond acceptors (Lipinski definition) is 3. The standard InChI is InChI=1S/C11H26N2O/c1-6-13(10(4)8-14-5)11(7-12)9(2)3/h9-11H,6-8,12H2,1-5H3. The monoisotopic (exact) mass is 202 g/mol. The molecule has 0 aromatic carbocycles. The summed E-state index contributed by atoms with van der Waals surface area (Å²) in [5, 5.41) is 0. The van der Waals surface area contributed by atoms with Crippen molar-refractivity contribution in [3.8, 4) is 0 Å². The molecule has 2 unspecified atom stereocenters. The lowest BCUT2D eigenvalue weighted by molar-refractivity contribution is 0.0598. The van der Waals surface area contributed by atoms with E-state index >= 15 is 0 Å². The van der Waals surface area contributed by atoms with Crippen LogP contribution in [0.5, 0.6) is 0 Å². The molecule has 0 aromatic rings. The number of nitrogens with zero attached hydrogens (tertiary/aromatic N) is 1. The van der Waals surface area contributed by atoms with Gasteiger partial charge in [0.2, 0.25) is 0 Å². The number of methoxy groups -OCH3 is 1. The van der Waals surface area contributed by atoms with Crippen LogP contribution < -0.4 is 5.73 Å². The fourth-order valence-corrected chi connectivity index (χ4v) is 2.00. The minimum atomic E-state index is 0.445. The molecule has 0 radical (unpaired) electrons. The predicted octanol–water partition coefficient (Wildman–Crippen LogP) is 1.33. The van der Waals surface area contributed by atoms with Crippen LogP contribution in [0.2, 0.25) is 0 Å². The van der Waals surface area contributed by atoms with Gasteiger partial charge in [0.05, 0.1) is 6.61 Å². The second-order valence-electron chi connectivity index (χ2n) is 4.18. The Morgan fingerprint density at radius 1 is 1.29 bits per heavy atom. The van der Waals surface area contributed by atoms with Gasteiger partial charge in [-0.2, -0.15) is 0 Å². The molecule has 0 saturated carbocycles. The maximum absolute atomic E-state index is 5.80. The van der Waals surface area contributed by atoms with Crippen LogP contribution in [0, 0.1) is 5.92 Å². The minimum Gasteiger partial charge on any atom is -0.383 e.